The smallest absolute Gasteiger partial charge is 0.255 e. The van der Waals surface area contributed by atoms with E-state index in [1.54, 1.807) is 24.5 Å². The van der Waals surface area contributed by atoms with Crippen molar-refractivity contribution in [3.8, 4) is 11.3 Å². The van der Waals surface area contributed by atoms with Crippen molar-refractivity contribution in [3.63, 3.8) is 0 Å². The summed E-state index contributed by atoms with van der Waals surface area (Å²) in [5.41, 5.74) is 4.54. The van der Waals surface area contributed by atoms with Crippen LogP contribution >= 0.6 is 0 Å². The molecule has 2 fully saturated rings. The van der Waals surface area contributed by atoms with Gasteiger partial charge in [0.05, 0.1) is 11.3 Å². The maximum absolute atomic E-state index is 12.9. The molecule has 1 aliphatic carbocycles. The van der Waals surface area contributed by atoms with Crippen LogP contribution in [0.2, 0.25) is 0 Å². The molecule has 2 amide bonds. The molecule has 1 aromatic carbocycles. The maximum atomic E-state index is 12.9. The van der Waals surface area contributed by atoms with E-state index in [4.69, 9.17) is 0 Å². The third-order valence-electron chi connectivity index (χ3n) is 6.48. The van der Waals surface area contributed by atoms with Crippen LogP contribution in [0.25, 0.3) is 11.3 Å². The van der Waals surface area contributed by atoms with E-state index in [0.717, 1.165) is 55.1 Å². The van der Waals surface area contributed by atoms with Gasteiger partial charge in [0.25, 0.3) is 11.8 Å². The molecule has 0 unspecified atom stereocenters. The summed E-state index contributed by atoms with van der Waals surface area (Å²) in [4.78, 5) is 36.4. The number of aromatic nitrogens is 2. The molecule has 1 saturated heterocycles. The fraction of sp³-hybridized carbons (Fsp3) is 0.333. The van der Waals surface area contributed by atoms with E-state index in [1.807, 2.05) is 37.3 Å². The first kappa shape index (κ1) is 22.1. The summed E-state index contributed by atoms with van der Waals surface area (Å²) in [6.45, 7) is 4.70. The summed E-state index contributed by atoms with van der Waals surface area (Å²) in [7, 11) is 0. The average molecular weight is 456 g/mol. The molecule has 7 heteroatoms. The molecular weight excluding hydrogens is 426 g/mol. The number of nitrogens with zero attached hydrogens (tertiary/aromatic N) is 3. The van der Waals surface area contributed by atoms with Gasteiger partial charge in [0.2, 0.25) is 0 Å². The highest BCUT2D eigenvalue weighted by molar-refractivity contribution is 6.05. The van der Waals surface area contributed by atoms with Crippen molar-refractivity contribution < 1.29 is 9.59 Å². The van der Waals surface area contributed by atoms with Gasteiger partial charge in [0, 0.05) is 48.8 Å². The lowest BCUT2D eigenvalue weighted by atomic mass is 10.0. The second kappa shape index (κ2) is 9.63. The Kier molecular flexibility index (Phi) is 6.25. The van der Waals surface area contributed by atoms with Crippen molar-refractivity contribution in [3.05, 3.63) is 71.5 Å². The summed E-state index contributed by atoms with van der Waals surface area (Å²) in [5, 5.41) is 5.96. The highest BCUT2D eigenvalue weighted by Crippen LogP contribution is 2.28. The number of nitrogens with one attached hydrogen (secondary N) is 2. The minimum absolute atomic E-state index is 0.0886. The fourth-order valence-corrected chi connectivity index (χ4v) is 4.21. The zero-order chi connectivity index (χ0) is 23.5. The number of carbonyl (C=O) groups excluding carboxylic acids is 2. The van der Waals surface area contributed by atoms with Gasteiger partial charge in [-0.25, -0.2) is 4.98 Å². The summed E-state index contributed by atoms with van der Waals surface area (Å²) >= 11 is 0. The molecule has 1 aliphatic heterocycles. The SMILES string of the molecule is Cc1ccc(NC(=O)c2ccnc(N3CCCC3)c2)cc1-c1ccc(C(=O)NCC2CC2)cn1. The molecule has 2 aliphatic rings. The molecular formula is C27H29N5O2. The second-order valence-corrected chi connectivity index (χ2v) is 9.17. The summed E-state index contributed by atoms with van der Waals surface area (Å²) in [5.74, 6) is 1.22. The Bertz CT molecular complexity index is 1200. The standard InChI is InChI=1S/C27H29N5O2/c1-18-4-8-22(31-27(34)20-10-11-28-25(14-20)32-12-2-3-13-32)15-23(18)24-9-7-21(17-29-24)26(33)30-16-19-5-6-19/h4,7-11,14-15,17,19H,2-3,5-6,12-13,16H2,1H3,(H,30,33)(H,31,34). The first-order chi connectivity index (χ1) is 16.6. The van der Waals surface area contributed by atoms with Crippen LogP contribution in [0.4, 0.5) is 11.5 Å². The molecule has 5 rings (SSSR count). The number of amides is 2. The highest BCUT2D eigenvalue weighted by Gasteiger charge is 2.22. The van der Waals surface area contributed by atoms with Gasteiger partial charge in [-0.05, 0) is 80.5 Å². The first-order valence-corrected chi connectivity index (χ1v) is 11.9. The molecule has 174 valence electrons. The number of benzene rings is 1. The number of hydrogen-bond donors (Lipinski definition) is 2. The number of pyridine rings is 2. The van der Waals surface area contributed by atoms with E-state index >= 15 is 0 Å². The molecule has 0 radical (unpaired) electrons. The number of rotatable bonds is 7. The van der Waals surface area contributed by atoms with Gasteiger partial charge in [-0.3, -0.25) is 14.6 Å². The minimum atomic E-state index is -0.173. The molecule has 2 N–H and O–H groups in total. The molecule has 34 heavy (non-hydrogen) atoms. The Hall–Kier alpha value is -3.74. The van der Waals surface area contributed by atoms with Crippen molar-refractivity contribution in [1.82, 2.24) is 15.3 Å². The Balaban J connectivity index is 1.29. The van der Waals surface area contributed by atoms with Gasteiger partial charge in [0.15, 0.2) is 0 Å². The van der Waals surface area contributed by atoms with E-state index in [0.29, 0.717) is 22.7 Å². The van der Waals surface area contributed by atoms with Gasteiger partial charge in [0.1, 0.15) is 5.82 Å². The summed E-state index contributed by atoms with van der Waals surface area (Å²) in [6, 6.07) is 13.0. The highest BCUT2D eigenvalue weighted by atomic mass is 16.2. The van der Waals surface area contributed by atoms with Crippen LogP contribution in [0.3, 0.4) is 0 Å². The molecule has 3 heterocycles. The van der Waals surface area contributed by atoms with E-state index < -0.39 is 0 Å². The Morgan fingerprint density at radius 1 is 0.971 bits per heavy atom. The predicted molar refractivity (Wildman–Crippen MR) is 133 cm³/mol. The largest absolute Gasteiger partial charge is 0.357 e. The first-order valence-electron chi connectivity index (χ1n) is 11.9. The monoisotopic (exact) mass is 455 g/mol. The lowest BCUT2D eigenvalue weighted by Crippen LogP contribution is -2.25. The zero-order valence-corrected chi connectivity index (χ0v) is 19.4. The summed E-state index contributed by atoms with van der Waals surface area (Å²) < 4.78 is 0. The zero-order valence-electron chi connectivity index (χ0n) is 19.4. The van der Waals surface area contributed by atoms with Crippen LogP contribution in [0, 0.1) is 12.8 Å². The third kappa shape index (κ3) is 5.09. The van der Waals surface area contributed by atoms with Gasteiger partial charge in [-0.15, -0.1) is 0 Å². The minimum Gasteiger partial charge on any atom is -0.357 e. The fourth-order valence-electron chi connectivity index (χ4n) is 4.21. The Labute approximate surface area is 199 Å². The molecule has 2 aromatic heterocycles. The summed E-state index contributed by atoms with van der Waals surface area (Å²) in [6.07, 6.45) is 8.01. The van der Waals surface area contributed by atoms with Crippen molar-refractivity contribution >= 4 is 23.3 Å². The van der Waals surface area contributed by atoms with Gasteiger partial charge < -0.3 is 15.5 Å². The lowest BCUT2D eigenvalue weighted by Gasteiger charge is -2.17. The maximum Gasteiger partial charge on any atom is 0.255 e. The van der Waals surface area contributed by atoms with Crippen molar-refractivity contribution in [1.29, 1.82) is 0 Å². The Morgan fingerprint density at radius 3 is 2.53 bits per heavy atom. The van der Waals surface area contributed by atoms with E-state index in [2.05, 4.69) is 25.5 Å². The normalized spacial score (nSPS) is 15.3. The van der Waals surface area contributed by atoms with Crippen LogP contribution in [0.5, 0.6) is 0 Å². The number of anilines is 2. The quantitative estimate of drug-likeness (QED) is 0.550. The number of carbonyl (C=O) groups is 2. The second-order valence-electron chi connectivity index (χ2n) is 9.17. The molecule has 0 spiro atoms. The third-order valence-corrected chi connectivity index (χ3v) is 6.48. The molecule has 3 aromatic rings. The lowest BCUT2D eigenvalue weighted by molar-refractivity contribution is 0.0950. The predicted octanol–water partition coefficient (Wildman–Crippen LogP) is 4.44. The van der Waals surface area contributed by atoms with Gasteiger partial charge >= 0.3 is 0 Å². The van der Waals surface area contributed by atoms with E-state index in [1.165, 1.54) is 12.8 Å². The van der Waals surface area contributed by atoms with Crippen LogP contribution in [-0.4, -0.2) is 41.4 Å². The molecule has 0 atom stereocenters. The van der Waals surface area contributed by atoms with Gasteiger partial charge in [-0.1, -0.05) is 6.07 Å². The van der Waals surface area contributed by atoms with Crippen LogP contribution in [0.1, 0.15) is 52.0 Å². The van der Waals surface area contributed by atoms with Gasteiger partial charge in [-0.2, -0.15) is 0 Å². The Morgan fingerprint density at radius 2 is 1.79 bits per heavy atom. The van der Waals surface area contributed by atoms with E-state index in [9.17, 15) is 9.59 Å². The molecule has 0 bridgehead atoms. The topological polar surface area (TPSA) is 87.2 Å². The molecule has 7 nitrogen and oxygen atoms in total. The number of hydrogen-bond acceptors (Lipinski definition) is 5. The van der Waals surface area contributed by atoms with Crippen LogP contribution in [-0.2, 0) is 0 Å². The van der Waals surface area contributed by atoms with Crippen molar-refractivity contribution in [2.24, 2.45) is 5.92 Å². The van der Waals surface area contributed by atoms with Crippen molar-refractivity contribution in [2.75, 3.05) is 29.9 Å². The average Bonchev–Trinajstić information content (AvgIpc) is 3.54. The molecule has 1 saturated carbocycles. The van der Waals surface area contributed by atoms with Crippen LogP contribution in [0.15, 0.2) is 54.9 Å². The van der Waals surface area contributed by atoms with E-state index in [-0.39, 0.29) is 11.8 Å². The number of aryl methyl sites for hydroxylation is 1. The van der Waals surface area contributed by atoms with Crippen LogP contribution < -0.4 is 15.5 Å². The van der Waals surface area contributed by atoms with Crippen molar-refractivity contribution in [2.45, 2.75) is 32.6 Å².